The van der Waals surface area contributed by atoms with Crippen LogP contribution in [0.4, 0.5) is 0 Å². The lowest BCUT2D eigenvalue weighted by Crippen LogP contribution is -2.22. The van der Waals surface area contributed by atoms with Crippen LogP contribution in [0.5, 0.6) is 0 Å². The van der Waals surface area contributed by atoms with Gasteiger partial charge in [0.25, 0.3) is 0 Å². The van der Waals surface area contributed by atoms with Crippen molar-refractivity contribution in [1.29, 1.82) is 0 Å². The summed E-state index contributed by atoms with van der Waals surface area (Å²) in [5.74, 6) is 0. The molecule has 0 spiro atoms. The van der Waals surface area contributed by atoms with Crippen molar-refractivity contribution < 1.29 is 0 Å². The van der Waals surface area contributed by atoms with Gasteiger partial charge >= 0.3 is 0 Å². The first-order valence-corrected chi connectivity index (χ1v) is 7.58. The minimum Gasteiger partial charge on any atom is -0.313 e. The molecule has 3 nitrogen and oxygen atoms in total. The molecule has 2 heterocycles. The quantitative estimate of drug-likeness (QED) is 0.903. The lowest BCUT2D eigenvalue weighted by Gasteiger charge is -2.18. The highest BCUT2D eigenvalue weighted by atomic mass is 32.1. The molecule has 2 aromatic rings. The Morgan fingerprint density at radius 2 is 2.32 bits per heavy atom. The van der Waals surface area contributed by atoms with Crippen molar-refractivity contribution in [3.8, 4) is 0 Å². The van der Waals surface area contributed by atoms with Crippen molar-refractivity contribution in [3.63, 3.8) is 0 Å². The number of rotatable bonds is 3. The standard InChI is InChI=1S/C15H19N3S/c1-11-8-18-15(19-11)10-17-14-6-7-16-9-12-4-2-3-5-13(12)14/h2-5,8,14,16-17H,6-7,9-10H2,1H3. The van der Waals surface area contributed by atoms with Crippen LogP contribution in [0.1, 0.15) is 33.5 Å². The maximum absolute atomic E-state index is 4.42. The minimum atomic E-state index is 0.426. The average Bonchev–Trinajstić information content (AvgIpc) is 2.73. The fourth-order valence-corrected chi connectivity index (χ4v) is 3.30. The largest absolute Gasteiger partial charge is 0.313 e. The van der Waals surface area contributed by atoms with Crippen molar-refractivity contribution in [2.75, 3.05) is 6.54 Å². The fraction of sp³-hybridized carbons (Fsp3) is 0.400. The van der Waals surface area contributed by atoms with Crippen molar-refractivity contribution in [2.45, 2.75) is 32.5 Å². The van der Waals surface area contributed by atoms with E-state index in [4.69, 9.17) is 0 Å². The SMILES string of the molecule is Cc1cnc(CNC2CCNCc3ccccc32)s1. The number of fused-ring (bicyclic) bond motifs is 1. The second-order valence-electron chi connectivity index (χ2n) is 4.96. The predicted octanol–water partition coefficient (Wildman–Crippen LogP) is 2.78. The number of nitrogens with one attached hydrogen (secondary N) is 2. The predicted molar refractivity (Wildman–Crippen MR) is 79.2 cm³/mol. The zero-order valence-corrected chi connectivity index (χ0v) is 12.0. The van der Waals surface area contributed by atoms with Gasteiger partial charge in [0.05, 0.1) is 0 Å². The zero-order chi connectivity index (χ0) is 13.1. The molecule has 0 saturated heterocycles. The van der Waals surface area contributed by atoms with Gasteiger partial charge in [-0.25, -0.2) is 4.98 Å². The van der Waals surface area contributed by atoms with Crippen LogP contribution in [-0.4, -0.2) is 11.5 Å². The third kappa shape index (κ3) is 3.03. The molecule has 4 heteroatoms. The summed E-state index contributed by atoms with van der Waals surface area (Å²) in [5.41, 5.74) is 2.84. The highest BCUT2D eigenvalue weighted by molar-refractivity contribution is 7.11. The minimum absolute atomic E-state index is 0.426. The summed E-state index contributed by atoms with van der Waals surface area (Å²) in [6.45, 7) is 5.00. The summed E-state index contributed by atoms with van der Waals surface area (Å²) in [4.78, 5) is 5.70. The van der Waals surface area contributed by atoms with E-state index in [-0.39, 0.29) is 0 Å². The summed E-state index contributed by atoms with van der Waals surface area (Å²) in [5, 5.41) is 8.31. The first-order valence-electron chi connectivity index (χ1n) is 6.76. The van der Waals surface area contributed by atoms with Gasteiger partial charge in [0, 0.05) is 30.2 Å². The van der Waals surface area contributed by atoms with Crippen LogP contribution >= 0.6 is 11.3 Å². The monoisotopic (exact) mass is 273 g/mol. The molecule has 0 saturated carbocycles. The van der Waals surface area contributed by atoms with Gasteiger partial charge in [-0.15, -0.1) is 11.3 Å². The molecule has 100 valence electrons. The van der Waals surface area contributed by atoms with Crippen molar-refractivity contribution in [3.05, 3.63) is 51.5 Å². The summed E-state index contributed by atoms with van der Waals surface area (Å²) >= 11 is 1.77. The Kier molecular flexibility index (Phi) is 3.92. The van der Waals surface area contributed by atoms with E-state index in [0.29, 0.717) is 6.04 Å². The Balaban J connectivity index is 1.73. The second kappa shape index (κ2) is 5.82. The third-order valence-corrected chi connectivity index (χ3v) is 4.44. The van der Waals surface area contributed by atoms with E-state index in [0.717, 1.165) is 26.1 Å². The van der Waals surface area contributed by atoms with E-state index in [9.17, 15) is 0 Å². The first-order chi connectivity index (χ1) is 9.33. The molecule has 1 aliphatic heterocycles. The maximum atomic E-state index is 4.42. The topological polar surface area (TPSA) is 37.0 Å². The van der Waals surface area contributed by atoms with E-state index >= 15 is 0 Å². The Morgan fingerprint density at radius 3 is 3.16 bits per heavy atom. The van der Waals surface area contributed by atoms with Gasteiger partial charge in [0.15, 0.2) is 0 Å². The molecule has 0 radical (unpaired) electrons. The molecule has 1 unspecified atom stereocenters. The number of aryl methyl sites for hydroxylation is 1. The number of hydrogen-bond donors (Lipinski definition) is 2. The second-order valence-corrected chi connectivity index (χ2v) is 6.28. The van der Waals surface area contributed by atoms with Gasteiger partial charge in [-0.05, 0) is 31.0 Å². The van der Waals surface area contributed by atoms with Gasteiger partial charge in [0.1, 0.15) is 5.01 Å². The Hall–Kier alpha value is -1.23. The highest BCUT2D eigenvalue weighted by Gasteiger charge is 2.17. The molecule has 0 amide bonds. The Morgan fingerprint density at radius 1 is 1.42 bits per heavy atom. The summed E-state index contributed by atoms with van der Waals surface area (Å²) < 4.78 is 0. The fourth-order valence-electron chi connectivity index (χ4n) is 2.57. The van der Waals surface area contributed by atoms with Crippen LogP contribution < -0.4 is 10.6 Å². The summed E-state index contributed by atoms with van der Waals surface area (Å²) in [6.07, 6.45) is 3.08. The van der Waals surface area contributed by atoms with E-state index in [1.807, 2.05) is 6.20 Å². The molecule has 1 atom stereocenters. The van der Waals surface area contributed by atoms with E-state index < -0.39 is 0 Å². The van der Waals surface area contributed by atoms with Gasteiger partial charge < -0.3 is 10.6 Å². The molecule has 19 heavy (non-hydrogen) atoms. The first kappa shape index (κ1) is 12.8. The van der Waals surface area contributed by atoms with Crippen LogP contribution in [-0.2, 0) is 13.1 Å². The van der Waals surface area contributed by atoms with Crippen LogP contribution in [0.25, 0.3) is 0 Å². The number of thiazole rings is 1. The average molecular weight is 273 g/mol. The van der Waals surface area contributed by atoms with Crippen LogP contribution in [0.15, 0.2) is 30.5 Å². The van der Waals surface area contributed by atoms with Crippen molar-refractivity contribution in [1.82, 2.24) is 15.6 Å². The Labute approximate surface area is 118 Å². The molecule has 3 rings (SSSR count). The van der Waals surface area contributed by atoms with Gasteiger partial charge in [-0.1, -0.05) is 24.3 Å². The smallest absolute Gasteiger partial charge is 0.107 e. The van der Waals surface area contributed by atoms with Gasteiger partial charge in [-0.2, -0.15) is 0 Å². The highest BCUT2D eigenvalue weighted by Crippen LogP contribution is 2.24. The molecule has 0 fully saturated rings. The molecule has 1 aliphatic rings. The molecule has 2 N–H and O–H groups in total. The number of aromatic nitrogens is 1. The van der Waals surface area contributed by atoms with Gasteiger partial charge in [0.2, 0.25) is 0 Å². The van der Waals surface area contributed by atoms with E-state index in [2.05, 4.69) is 46.8 Å². The van der Waals surface area contributed by atoms with Crippen LogP contribution in [0.2, 0.25) is 0 Å². The van der Waals surface area contributed by atoms with Crippen molar-refractivity contribution >= 4 is 11.3 Å². The number of benzene rings is 1. The normalized spacial score (nSPS) is 18.9. The third-order valence-electron chi connectivity index (χ3n) is 3.52. The molecule has 0 aliphatic carbocycles. The van der Waals surface area contributed by atoms with E-state index in [1.165, 1.54) is 21.0 Å². The summed E-state index contributed by atoms with van der Waals surface area (Å²) in [7, 11) is 0. The van der Waals surface area contributed by atoms with E-state index in [1.54, 1.807) is 11.3 Å². The molecule has 1 aromatic carbocycles. The van der Waals surface area contributed by atoms with Crippen LogP contribution in [0, 0.1) is 6.92 Å². The Bertz CT molecular complexity index is 550. The van der Waals surface area contributed by atoms with Crippen molar-refractivity contribution in [2.24, 2.45) is 0 Å². The molecular weight excluding hydrogens is 254 g/mol. The van der Waals surface area contributed by atoms with Crippen LogP contribution in [0.3, 0.4) is 0 Å². The zero-order valence-electron chi connectivity index (χ0n) is 11.1. The van der Waals surface area contributed by atoms with Gasteiger partial charge in [-0.3, -0.25) is 0 Å². The maximum Gasteiger partial charge on any atom is 0.107 e. The lowest BCUT2D eigenvalue weighted by atomic mass is 9.99. The molecule has 1 aromatic heterocycles. The summed E-state index contributed by atoms with van der Waals surface area (Å²) in [6, 6.07) is 9.14. The molecule has 0 bridgehead atoms. The number of hydrogen-bond acceptors (Lipinski definition) is 4. The lowest BCUT2D eigenvalue weighted by molar-refractivity contribution is 0.495. The number of nitrogens with zero attached hydrogens (tertiary/aromatic N) is 1. The molecular formula is C15H19N3S.